The van der Waals surface area contributed by atoms with Crippen LogP contribution in [0.4, 0.5) is 5.69 Å². The Bertz CT molecular complexity index is 850. The summed E-state index contributed by atoms with van der Waals surface area (Å²) < 4.78 is 5.27. The number of aryl methyl sites for hydroxylation is 1. The highest BCUT2D eigenvalue weighted by atomic mass is 16.7. The first kappa shape index (κ1) is 17.9. The maximum atomic E-state index is 12.5. The second-order valence-electron chi connectivity index (χ2n) is 6.47. The molecule has 26 heavy (non-hydrogen) atoms. The summed E-state index contributed by atoms with van der Waals surface area (Å²) in [4.78, 5) is 23.0. The molecule has 0 saturated carbocycles. The van der Waals surface area contributed by atoms with Gasteiger partial charge in [-0.2, -0.15) is 0 Å². The third kappa shape index (κ3) is 3.86. The Morgan fingerprint density at radius 1 is 1.27 bits per heavy atom. The molecule has 6 heteroatoms. The summed E-state index contributed by atoms with van der Waals surface area (Å²) in [6.07, 6.45) is 0.110. The number of benzene rings is 2. The minimum atomic E-state index is -0.958. The lowest BCUT2D eigenvalue weighted by molar-refractivity contribution is -0.164. The Labute approximate surface area is 153 Å². The van der Waals surface area contributed by atoms with E-state index >= 15 is 0 Å². The summed E-state index contributed by atoms with van der Waals surface area (Å²) in [5, 5.41) is 4.52. The highest BCUT2D eigenvalue weighted by Gasteiger charge is 2.38. The van der Waals surface area contributed by atoms with Crippen molar-refractivity contribution in [2.24, 2.45) is 4.99 Å². The van der Waals surface area contributed by atoms with E-state index in [-0.39, 0.29) is 12.3 Å². The zero-order valence-corrected chi connectivity index (χ0v) is 15.4. The molecule has 0 radical (unpaired) electrons. The van der Waals surface area contributed by atoms with Crippen LogP contribution in [0, 0.1) is 6.92 Å². The summed E-state index contributed by atoms with van der Waals surface area (Å²) in [5.74, 6) is 1.26. The van der Waals surface area contributed by atoms with E-state index in [0.29, 0.717) is 5.84 Å². The molecule has 2 aromatic rings. The third-order valence-corrected chi connectivity index (χ3v) is 4.21. The molecule has 0 bridgehead atoms. The summed E-state index contributed by atoms with van der Waals surface area (Å²) in [6.45, 7) is 3.75. The first-order chi connectivity index (χ1) is 12.4. The van der Waals surface area contributed by atoms with Crippen LogP contribution in [0.3, 0.4) is 0 Å². The number of para-hydroxylation sites is 1. The topological polar surface area (TPSA) is 63.2 Å². The van der Waals surface area contributed by atoms with Crippen LogP contribution in [0.2, 0.25) is 0 Å². The van der Waals surface area contributed by atoms with Gasteiger partial charge in [-0.25, -0.2) is 14.9 Å². The van der Waals surface area contributed by atoms with E-state index in [1.54, 1.807) is 26.1 Å². The van der Waals surface area contributed by atoms with Gasteiger partial charge in [0.05, 0.1) is 13.5 Å². The van der Waals surface area contributed by atoms with Crippen molar-refractivity contribution >= 4 is 17.4 Å². The van der Waals surface area contributed by atoms with Gasteiger partial charge in [0.25, 0.3) is 0 Å². The molecule has 2 aromatic carbocycles. The number of carbonyl (C=O) groups excluding carboxylic acids is 1. The quantitative estimate of drug-likeness (QED) is 0.895. The predicted molar refractivity (Wildman–Crippen MR) is 101 cm³/mol. The van der Waals surface area contributed by atoms with Crippen molar-refractivity contribution < 1.29 is 14.4 Å². The molecule has 0 fully saturated rings. The van der Waals surface area contributed by atoms with Gasteiger partial charge in [0.15, 0.2) is 11.6 Å². The Morgan fingerprint density at radius 2 is 2.04 bits per heavy atom. The van der Waals surface area contributed by atoms with Crippen molar-refractivity contribution in [3.8, 4) is 5.75 Å². The maximum absolute atomic E-state index is 12.5. The lowest BCUT2D eigenvalue weighted by Crippen LogP contribution is -2.32. The number of ether oxygens (including phenoxy) is 1. The smallest absolute Gasteiger partial charge is 0.229 e. The third-order valence-electron chi connectivity index (χ3n) is 4.21. The Kier molecular flexibility index (Phi) is 4.95. The van der Waals surface area contributed by atoms with E-state index in [0.717, 1.165) is 22.6 Å². The molecule has 6 nitrogen and oxygen atoms in total. The van der Waals surface area contributed by atoms with E-state index in [1.165, 1.54) is 0 Å². The van der Waals surface area contributed by atoms with Crippen LogP contribution >= 0.6 is 0 Å². The second kappa shape index (κ2) is 7.17. The van der Waals surface area contributed by atoms with E-state index in [9.17, 15) is 4.79 Å². The predicted octanol–water partition coefficient (Wildman–Crippen LogP) is 3.37. The molecule has 0 aliphatic carbocycles. The van der Waals surface area contributed by atoms with Crippen LogP contribution < -0.4 is 10.1 Å². The number of amidine groups is 1. The molecule has 3 rings (SSSR count). The minimum Gasteiger partial charge on any atom is -0.497 e. The highest BCUT2D eigenvalue weighted by molar-refractivity contribution is 6.00. The van der Waals surface area contributed by atoms with Gasteiger partial charge in [-0.05, 0) is 37.6 Å². The fourth-order valence-electron chi connectivity index (χ4n) is 2.94. The van der Waals surface area contributed by atoms with Crippen LogP contribution in [0.5, 0.6) is 5.75 Å². The van der Waals surface area contributed by atoms with Crippen molar-refractivity contribution in [1.29, 1.82) is 0 Å². The fourth-order valence-corrected chi connectivity index (χ4v) is 2.94. The van der Waals surface area contributed by atoms with Crippen molar-refractivity contribution in [3.05, 3.63) is 59.7 Å². The Balaban J connectivity index is 1.76. The standard InChI is InChI=1S/C20H23N3O3/c1-14-8-5-6-11-17(14)21-18(24)13-20(2)22-19(23(3)26-20)15-9-7-10-16(12-15)25-4/h5-12H,13H2,1-4H3,(H,21,24). The number of hydrogen-bond donors (Lipinski definition) is 1. The minimum absolute atomic E-state index is 0.110. The van der Waals surface area contributed by atoms with Gasteiger partial charge in [0, 0.05) is 18.3 Å². The van der Waals surface area contributed by atoms with Gasteiger partial charge in [-0.1, -0.05) is 30.3 Å². The van der Waals surface area contributed by atoms with Crippen LogP contribution in [-0.2, 0) is 9.63 Å². The molecular formula is C20H23N3O3. The van der Waals surface area contributed by atoms with Gasteiger partial charge in [0.2, 0.25) is 5.91 Å². The van der Waals surface area contributed by atoms with Gasteiger partial charge >= 0.3 is 0 Å². The normalized spacial score (nSPS) is 19.2. The molecule has 0 aromatic heterocycles. The van der Waals surface area contributed by atoms with Crippen molar-refractivity contribution in [2.75, 3.05) is 19.5 Å². The lowest BCUT2D eigenvalue weighted by Gasteiger charge is -2.21. The summed E-state index contributed by atoms with van der Waals surface area (Å²) in [6, 6.07) is 15.2. The number of nitrogens with zero attached hydrogens (tertiary/aromatic N) is 2. The zero-order valence-electron chi connectivity index (χ0n) is 15.4. The maximum Gasteiger partial charge on any atom is 0.229 e. The molecule has 0 saturated heterocycles. The van der Waals surface area contributed by atoms with Crippen molar-refractivity contribution in [2.45, 2.75) is 26.0 Å². The summed E-state index contributed by atoms with van der Waals surface area (Å²) >= 11 is 0. The van der Waals surface area contributed by atoms with Gasteiger partial charge in [-0.3, -0.25) is 4.79 Å². The molecule has 1 aliphatic heterocycles. The number of hydroxylamine groups is 2. The van der Waals surface area contributed by atoms with E-state index in [1.807, 2.05) is 55.5 Å². The van der Waals surface area contributed by atoms with Crippen molar-refractivity contribution in [3.63, 3.8) is 0 Å². The molecule has 1 aliphatic rings. The number of amides is 1. The number of anilines is 1. The summed E-state index contributed by atoms with van der Waals surface area (Å²) in [5.41, 5.74) is 1.72. The van der Waals surface area contributed by atoms with E-state index in [2.05, 4.69) is 10.3 Å². The second-order valence-corrected chi connectivity index (χ2v) is 6.47. The van der Waals surface area contributed by atoms with E-state index < -0.39 is 5.72 Å². The fraction of sp³-hybridized carbons (Fsp3) is 0.300. The lowest BCUT2D eigenvalue weighted by atomic mass is 10.1. The van der Waals surface area contributed by atoms with Crippen LogP contribution in [0.15, 0.2) is 53.5 Å². The largest absolute Gasteiger partial charge is 0.497 e. The van der Waals surface area contributed by atoms with Crippen LogP contribution in [-0.4, -0.2) is 36.7 Å². The average molecular weight is 353 g/mol. The number of rotatable bonds is 5. The van der Waals surface area contributed by atoms with Crippen LogP contribution in [0.25, 0.3) is 0 Å². The molecule has 1 atom stereocenters. The molecule has 0 spiro atoms. The molecular weight excluding hydrogens is 330 g/mol. The monoisotopic (exact) mass is 353 g/mol. The summed E-state index contributed by atoms with van der Waals surface area (Å²) in [7, 11) is 3.40. The first-order valence-corrected chi connectivity index (χ1v) is 8.43. The molecule has 136 valence electrons. The number of carbonyl (C=O) groups is 1. The van der Waals surface area contributed by atoms with Gasteiger partial charge in [0.1, 0.15) is 5.75 Å². The molecule has 1 unspecified atom stereocenters. The highest BCUT2D eigenvalue weighted by Crippen LogP contribution is 2.29. The number of methoxy groups -OCH3 is 1. The van der Waals surface area contributed by atoms with Crippen LogP contribution in [0.1, 0.15) is 24.5 Å². The Hall–Kier alpha value is -2.86. The van der Waals surface area contributed by atoms with E-state index in [4.69, 9.17) is 9.57 Å². The number of aliphatic imine (C=N–C) groups is 1. The molecule has 1 N–H and O–H groups in total. The number of hydrogen-bond acceptors (Lipinski definition) is 5. The molecule has 1 amide bonds. The SMILES string of the molecule is COc1cccc(C2=NC(C)(CC(=O)Nc3ccccc3C)ON2C)c1. The van der Waals surface area contributed by atoms with Crippen molar-refractivity contribution in [1.82, 2.24) is 5.06 Å². The average Bonchev–Trinajstić information content (AvgIpc) is 2.91. The van der Waals surface area contributed by atoms with Gasteiger partial charge in [-0.15, -0.1) is 0 Å². The Morgan fingerprint density at radius 3 is 2.77 bits per heavy atom. The zero-order chi connectivity index (χ0) is 18.7. The first-order valence-electron chi connectivity index (χ1n) is 8.43. The van der Waals surface area contributed by atoms with Gasteiger partial charge < -0.3 is 10.1 Å². The number of nitrogens with one attached hydrogen (secondary N) is 1. The molecule has 1 heterocycles.